The van der Waals surface area contributed by atoms with Crippen LogP contribution < -0.4 is 10.2 Å². The standard InChI is InChI=1S/C13H17BrN2O2/c1-16(2)12-6-8(3-4-10(12)14)11-5-9(7-15-11)13(17)18/h3-4,6,9,11,15H,5,7H2,1-2H3,(H,17,18). The van der Waals surface area contributed by atoms with Gasteiger partial charge in [-0.25, -0.2) is 0 Å². The van der Waals surface area contributed by atoms with Crippen LogP contribution in [0.4, 0.5) is 5.69 Å². The Labute approximate surface area is 115 Å². The summed E-state index contributed by atoms with van der Waals surface area (Å²) in [6, 6.07) is 6.30. The number of anilines is 1. The van der Waals surface area contributed by atoms with Gasteiger partial charge in [-0.15, -0.1) is 0 Å². The van der Waals surface area contributed by atoms with Gasteiger partial charge >= 0.3 is 5.97 Å². The molecule has 4 nitrogen and oxygen atoms in total. The highest BCUT2D eigenvalue weighted by Crippen LogP contribution is 2.32. The molecular weight excluding hydrogens is 296 g/mol. The Kier molecular flexibility index (Phi) is 3.92. The second-order valence-corrected chi connectivity index (χ2v) is 5.69. The van der Waals surface area contributed by atoms with E-state index >= 15 is 0 Å². The SMILES string of the molecule is CN(C)c1cc(C2CC(C(=O)O)CN2)ccc1Br. The molecule has 18 heavy (non-hydrogen) atoms. The molecule has 2 atom stereocenters. The molecular formula is C13H17BrN2O2. The van der Waals surface area contributed by atoms with Gasteiger partial charge in [-0.3, -0.25) is 4.79 Å². The summed E-state index contributed by atoms with van der Waals surface area (Å²) in [6.45, 7) is 0.549. The Balaban J connectivity index is 2.20. The number of carbonyl (C=O) groups is 1. The monoisotopic (exact) mass is 312 g/mol. The van der Waals surface area contributed by atoms with Crippen LogP contribution in [-0.2, 0) is 4.79 Å². The average Bonchev–Trinajstić information content (AvgIpc) is 2.78. The second kappa shape index (κ2) is 5.28. The van der Waals surface area contributed by atoms with Gasteiger partial charge in [0.05, 0.1) is 11.6 Å². The highest BCUT2D eigenvalue weighted by atomic mass is 79.9. The molecule has 1 fully saturated rings. The lowest BCUT2D eigenvalue weighted by atomic mass is 10.00. The van der Waals surface area contributed by atoms with Crippen molar-refractivity contribution in [3.63, 3.8) is 0 Å². The molecule has 2 rings (SSSR count). The maximum absolute atomic E-state index is 11.0. The fourth-order valence-corrected chi connectivity index (χ4v) is 2.87. The van der Waals surface area contributed by atoms with Crippen LogP contribution in [0.25, 0.3) is 0 Å². The summed E-state index contributed by atoms with van der Waals surface area (Å²) in [5.74, 6) is -0.989. The predicted molar refractivity (Wildman–Crippen MR) is 75.0 cm³/mol. The van der Waals surface area contributed by atoms with Crippen molar-refractivity contribution in [2.24, 2.45) is 5.92 Å². The first-order valence-electron chi connectivity index (χ1n) is 5.92. The van der Waals surface area contributed by atoms with Gasteiger partial charge in [0.25, 0.3) is 0 Å². The molecule has 0 saturated carbocycles. The molecule has 0 spiro atoms. The largest absolute Gasteiger partial charge is 0.481 e. The summed E-state index contributed by atoms with van der Waals surface area (Å²) in [4.78, 5) is 13.0. The van der Waals surface area contributed by atoms with Gasteiger partial charge in [-0.2, -0.15) is 0 Å². The molecule has 0 aromatic heterocycles. The van der Waals surface area contributed by atoms with E-state index in [0.29, 0.717) is 13.0 Å². The average molecular weight is 313 g/mol. The highest BCUT2D eigenvalue weighted by molar-refractivity contribution is 9.10. The summed E-state index contributed by atoms with van der Waals surface area (Å²) in [7, 11) is 3.98. The zero-order valence-electron chi connectivity index (χ0n) is 10.5. The van der Waals surface area contributed by atoms with Crippen molar-refractivity contribution in [1.82, 2.24) is 5.32 Å². The van der Waals surface area contributed by atoms with Gasteiger partial charge in [0.15, 0.2) is 0 Å². The lowest BCUT2D eigenvalue weighted by molar-refractivity contribution is -0.141. The molecule has 0 bridgehead atoms. The van der Waals surface area contributed by atoms with Crippen molar-refractivity contribution >= 4 is 27.6 Å². The second-order valence-electron chi connectivity index (χ2n) is 4.84. The topological polar surface area (TPSA) is 52.6 Å². The molecule has 1 heterocycles. The highest BCUT2D eigenvalue weighted by Gasteiger charge is 2.30. The molecule has 1 aliphatic rings. The van der Waals surface area contributed by atoms with E-state index in [0.717, 1.165) is 15.7 Å². The fraction of sp³-hybridized carbons (Fsp3) is 0.462. The predicted octanol–water partition coefficient (Wildman–Crippen LogP) is 2.25. The Morgan fingerprint density at radius 3 is 2.78 bits per heavy atom. The van der Waals surface area contributed by atoms with E-state index in [4.69, 9.17) is 5.11 Å². The molecule has 0 amide bonds. The van der Waals surface area contributed by atoms with E-state index in [1.807, 2.05) is 31.1 Å². The summed E-state index contributed by atoms with van der Waals surface area (Å²) in [6.07, 6.45) is 0.657. The van der Waals surface area contributed by atoms with Crippen LogP contribution in [0.15, 0.2) is 22.7 Å². The van der Waals surface area contributed by atoms with Gasteiger partial charge in [0, 0.05) is 31.2 Å². The summed E-state index contributed by atoms with van der Waals surface area (Å²) >= 11 is 3.52. The van der Waals surface area contributed by atoms with E-state index in [1.165, 1.54) is 0 Å². The Bertz CT molecular complexity index is 462. The van der Waals surface area contributed by atoms with Crippen molar-refractivity contribution in [3.05, 3.63) is 28.2 Å². The molecule has 1 aliphatic heterocycles. The fourth-order valence-electron chi connectivity index (χ4n) is 2.27. The quantitative estimate of drug-likeness (QED) is 0.899. The van der Waals surface area contributed by atoms with Crippen LogP contribution >= 0.6 is 15.9 Å². The minimum absolute atomic E-state index is 0.137. The number of nitrogens with one attached hydrogen (secondary N) is 1. The van der Waals surface area contributed by atoms with Crippen LogP contribution in [0, 0.1) is 5.92 Å². The van der Waals surface area contributed by atoms with Crippen molar-refractivity contribution in [2.75, 3.05) is 25.5 Å². The zero-order chi connectivity index (χ0) is 13.3. The van der Waals surface area contributed by atoms with Gasteiger partial charge in [0.2, 0.25) is 0 Å². The first-order valence-corrected chi connectivity index (χ1v) is 6.71. The first kappa shape index (κ1) is 13.4. The molecule has 5 heteroatoms. The zero-order valence-corrected chi connectivity index (χ0v) is 12.1. The van der Waals surface area contributed by atoms with E-state index in [9.17, 15) is 4.79 Å². The smallest absolute Gasteiger partial charge is 0.307 e. The summed E-state index contributed by atoms with van der Waals surface area (Å²) in [5.41, 5.74) is 2.25. The molecule has 1 saturated heterocycles. The van der Waals surface area contributed by atoms with Crippen molar-refractivity contribution in [2.45, 2.75) is 12.5 Å². The molecule has 1 aromatic carbocycles. The van der Waals surface area contributed by atoms with Crippen molar-refractivity contribution < 1.29 is 9.90 Å². The number of halogens is 1. The van der Waals surface area contributed by atoms with Crippen LogP contribution in [0.1, 0.15) is 18.0 Å². The Morgan fingerprint density at radius 1 is 1.50 bits per heavy atom. The Morgan fingerprint density at radius 2 is 2.22 bits per heavy atom. The van der Waals surface area contributed by atoms with E-state index < -0.39 is 5.97 Å². The van der Waals surface area contributed by atoms with Crippen LogP contribution in [0.3, 0.4) is 0 Å². The van der Waals surface area contributed by atoms with Gasteiger partial charge in [-0.05, 0) is 40.0 Å². The maximum Gasteiger partial charge on any atom is 0.307 e. The third kappa shape index (κ3) is 2.67. The maximum atomic E-state index is 11.0. The van der Waals surface area contributed by atoms with E-state index in [1.54, 1.807) is 0 Å². The lowest BCUT2D eigenvalue weighted by Crippen LogP contribution is -2.17. The third-order valence-electron chi connectivity index (χ3n) is 3.33. The van der Waals surface area contributed by atoms with Gasteiger partial charge in [-0.1, -0.05) is 6.07 Å². The number of benzene rings is 1. The molecule has 0 radical (unpaired) electrons. The minimum atomic E-state index is -0.713. The third-order valence-corrected chi connectivity index (χ3v) is 4.01. The number of hydrogen-bond acceptors (Lipinski definition) is 3. The number of rotatable bonds is 3. The summed E-state index contributed by atoms with van der Waals surface area (Å²) < 4.78 is 1.05. The van der Waals surface area contributed by atoms with Gasteiger partial charge in [0.1, 0.15) is 0 Å². The molecule has 1 aromatic rings. The Hall–Kier alpha value is -1.07. The number of carboxylic acids is 1. The number of nitrogens with zero attached hydrogens (tertiary/aromatic N) is 1. The normalized spacial score (nSPS) is 23.1. The van der Waals surface area contributed by atoms with Crippen LogP contribution in [-0.4, -0.2) is 31.7 Å². The summed E-state index contributed by atoms with van der Waals surface area (Å²) in [5, 5.41) is 12.3. The van der Waals surface area contributed by atoms with E-state index in [-0.39, 0.29) is 12.0 Å². The van der Waals surface area contributed by atoms with Crippen LogP contribution in [0.5, 0.6) is 0 Å². The minimum Gasteiger partial charge on any atom is -0.481 e. The molecule has 2 N–H and O–H groups in total. The van der Waals surface area contributed by atoms with Crippen LogP contribution in [0.2, 0.25) is 0 Å². The lowest BCUT2D eigenvalue weighted by Gasteiger charge is -2.18. The number of aliphatic carboxylic acids is 1. The van der Waals surface area contributed by atoms with E-state index in [2.05, 4.69) is 27.3 Å². The van der Waals surface area contributed by atoms with Crippen molar-refractivity contribution in [1.29, 1.82) is 0 Å². The molecule has 2 unspecified atom stereocenters. The van der Waals surface area contributed by atoms with Gasteiger partial charge < -0.3 is 15.3 Å². The molecule has 0 aliphatic carbocycles. The first-order chi connectivity index (χ1) is 8.49. The number of hydrogen-bond donors (Lipinski definition) is 2. The molecule has 98 valence electrons. The number of carboxylic acid groups (broad SMARTS) is 1. The van der Waals surface area contributed by atoms with Crippen molar-refractivity contribution in [3.8, 4) is 0 Å².